The minimum atomic E-state index is -3.58. The summed E-state index contributed by atoms with van der Waals surface area (Å²) in [7, 11) is -0.368. The van der Waals surface area contributed by atoms with Gasteiger partial charge in [0.15, 0.2) is 0 Å². The van der Waals surface area contributed by atoms with Gasteiger partial charge in [0.1, 0.15) is 17.5 Å². The molecule has 35 heavy (non-hydrogen) atoms. The van der Waals surface area contributed by atoms with E-state index in [0.717, 1.165) is 36.3 Å². The summed E-state index contributed by atoms with van der Waals surface area (Å²) < 4.78 is 39.7. The molecular weight excluding hydrogens is 464 g/mol. The predicted octanol–water partition coefficient (Wildman–Crippen LogP) is 4.00. The molecule has 1 spiro atoms. The summed E-state index contributed by atoms with van der Waals surface area (Å²) in [6, 6.07) is 13.7. The minimum Gasteiger partial charge on any atom is -0.497 e. The van der Waals surface area contributed by atoms with Crippen LogP contribution < -0.4 is 14.4 Å². The molecule has 2 saturated heterocycles. The van der Waals surface area contributed by atoms with Crippen LogP contribution in [0.1, 0.15) is 44.7 Å². The third kappa shape index (κ3) is 2.93. The highest BCUT2D eigenvalue weighted by Crippen LogP contribution is 2.71. The molecule has 4 aliphatic rings. The summed E-state index contributed by atoms with van der Waals surface area (Å²) in [5, 5.41) is 0. The number of fused-ring (bicyclic) bond motifs is 1. The topological polar surface area (TPSA) is 76.2 Å². The maximum absolute atomic E-state index is 13.8. The first-order valence-corrected chi connectivity index (χ1v) is 13.9. The Morgan fingerprint density at radius 2 is 1.51 bits per heavy atom. The molecule has 0 N–H and O–H groups in total. The lowest BCUT2D eigenvalue weighted by Gasteiger charge is -2.52. The third-order valence-electron chi connectivity index (χ3n) is 9.61. The van der Waals surface area contributed by atoms with E-state index in [1.54, 1.807) is 23.4 Å². The molecule has 2 saturated carbocycles. The zero-order chi connectivity index (χ0) is 24.8. The Morgan fingerprint density at radius 1 is 0.914 bits per heavy atom. The van der Waals surface area contributed by atoms with Gasteiger partial charge in [-0.1, -0.05) is 26.0 Å². The lowest BCUT2D eigenvalue weighted by molar-refractivity contribution is -0.131. The summed E-state index contributed by atoms with van der Waals surface area (Å²) in [4.78, 5) is 15.5. The Labute approximate surface area is 207 Å². The number of benzene rings is 2. The Hall–Kier alpha value is -2.58. The lowest BCUT2D eigenvalue weighted by Crippen LogP contribution is -2.67. The quantitative estimate of drug-likeness (QED) is 0.585. The molecule has 2 aromatic rings. The molecule has 8 heteroatoms. The first kappa shape index (κ1) is 22.9. The fraction of sp³-hybridized carbons (Fsp3) is 0.519. The Balaban J connectivity index is 1.43. The zero-order valence-electron chi connectivity index (χ0n) is 20.6. The smallest absolute Gasteiger partial charge is 0.248 e. The summed E-state index contributed by atoms with van der Waals surface area (Å²) in [6.07, 6.45) is 2.83. The molecule has 0 aromatic heterocycles. The molecule has 2 aliphatic heterocycles. The molecule has 2 heterocycles. The van der Waals surface area contributed by atoms with Crippen molar-refractivity contribution in [3.8, 4) is 11.5 Å². The first-order valence-electron chi connectivity index (χ1n) is 12.3. The second-order valence-electron chi connectivity index (χ2n) is 11.0. The van der Waals surface area contributed by atoms with E-state index in [0.29, 0.717) is 11.7 Å². The molecule has 1 amide bonds. The highest BCUT2D eigenvalue weighted by Gasteiger charge is 2.74. The molecule has 186 valence electrons. The van der Waals surface area contributed by atoms with E-state index in [2.05, 4.69) is 13.8 Å². The van der Waals surface area contributed by atoms with E-state index < -0.39 is 22.1 Å². The number of hydrogen-bond donors (Lipinski definition) is 0. The zero-order valence-corrected chi connectivity index (χ0v) is 21.4. The maximum atomic E-state index is 13.8. The van der Waals surface area contributed by atoms with Crippen LogP contribution in [0.5, 0.6) is 11.5 Å². The molecule has 2 aromatic carbocycles. The minimum absolute atomic E-state index is 0.0441. The van der Waals surface area contributed by atoms with Crippen molar-refractivity contribution in [2.45, 2.75) is 51.2 Å². The number of anilines is 1. The lowest BCUT2D eigenvalue weighted by atomic mass is 9.68. The van der Waals surface area contributed by atoms with Crippen molar-refractivity contribution >= 4 is 21.6 Å². The molecule has 4 fully saturated rings. The number of rotatable bonds is 5. The van der Waals surface area contributed by atoms with Gasteiger partial charge in [-0.15, -0.1) is 0 Å². The van der Waals surface area contributed by atoms with Crippen LogP contribution in [0, 0.1) is 16.7 Å². The monoisotopic (exact) mass is 496 g/mol. The second kappa shape index (κ2) is 7.46. The number of β-lactam (4-membered cyclic amide) rings is 1. The van der Waals surface area contributed by atoms with Crippen LogP contribution in [0.2, 0.25) is 0 Å². The normalized spacial score (nSPS) is 34.5. The van der Waals surface area contributed by atoms with Crippen LogP contribution in [-0.4, -0.2) is 50.7 Å². The average molecular weight is 497 g/mol. The van der Waals surface area contributed by atoms with Crippen molar-refractivity contribution in [1.82, 2.24) is 4.31 Å². The van der Waals surface area contributed by atoms with Crippen molar-refractivity contribution in [1.29, 1.82) is 0 Å². The van der Waals surface area contributed by atoms with Crippen molar-refractivity contribution in [2.75, 3.05) is 24.9 Å². The van der Waals surface area contributed by atoms with E-state index in [9.17, 15) is 13.2 Å². The van der Waals surface area contributed by atoms with Crippen LogP contribution in [0.15, 0.2) is 48.5 Å². The number of hydrogen-bond acceptors (Lipinski definition) is 5. The number of ether oxygens (including phenoxy) is 2. The van der Waals surface area contributed by atoms with Crippen LogP contribution in [0.25, 0.3) is 0 Å². The van der Waals surface area contributed by atoms with E-state index in [1.807, 2.05) is 48.5 Å². The van der Waals surface area contributed by atoms with Crippen molar-refractivity contribution in [2.24, 2.45) is 16.7 Å². The summed E-state index contributed by atoms with van der Waals surface area (Å²) in [6.45, 7) is 4.47. The maximum Gasteiger partial charge on any atom is 0.248 e. The first-order chi connectivity index (χ1) is 16.6. The van der Waals surface area contributed by atoms with Gasteiger partial charge < -0.3 is 14.4 Å². The second-order valence-corrected chi connectivity index (χ2v) is 12.9. The summed E-state index contributed by atoms with van der Waals surface area (Å²) >= 11 is 0. The highest BCUT2D eigenvalue weighted by molar-refractivity contribution is 7.89. The number of amides is 1. The number of carbonyl (C=O) groups is 1. The van der Waals surface area contributed by atoms with Gasteiger partial charge in [-0.3, -0.25) is 4.79 Å². The highest BCUT2D eigenvalue weighted by atomic mass is 32.2. The van der Waals surface area contributed by atoms with Crippen LogP contribution >= 0.6 is 0 Å². The van der Waals surface area contributed by atoms with Gasteiger partial charge >= 0.3 is 0 Å². The Morgan fingerprint density at radius 3 is 2.09 bits per heavy atom. The molecule has 5 atom stereocenters. The predicted molar refractivity (Wildman–Crippen MR) is 133 cm³/mol. The number of methoxy groups -OCH3 is 2. The largest absolute Gasteiger partial charge is 0.497 e. The van der Waals surface area contributed by atoms with Gasteiger partial charge in [-0.25, -0.2) is 8.42 Å². The average Bonchev–Trinajstić information content (AvgIpc) is 3.32. The fourth-order valence-corrected chi connectivity index (χ4v) is 10.3. The molecule has 7 nitrogen and oxygen atoms in total. The Bertz CT molecular complexity index is 1270. The third-order valence-corrected chi connectivity index (χ3v) is 11.6. The van der Waals surface area contributed by atoms with Crippen molar-refractivity contribution in [3.05, 3.63) is 54.1 Å². The van der Waals surface area contributed by atoms with Crippen LogP contribution in [0.3, 0.4) is 0 Å². The molecule has 6 rings (SSSR count). The molecule has 2 bridgehead atoms. The summed E-state index contributed by atoms with van der Waals surface area (Å²) in [5.74, 6) is 1.90. The Kier molecular flexibility index (Phi) is 4.87. The fourth-order valence-electron chi connectivity index (χ4n) is 7.57. The van der Waals surface area contributed by atoms with Crippen molar-refractivity contribution < 1.29 is 22.7 Å². The number of carbonyl (C=O) groups excluding carboxylic acids is 1. The van der Waals surface area contributed by atoms with E-state index in [-0.39, 0.29) is 28.5 Å². The van der Waals surface area contributed by atoms with E-state index >= 15 is 0 Å². The van der Waals surface area contributed by atoms with E-state index in [1.165, 1.54) is 0 Å². The van der Waals surface area contributed by atoms with Gasteiger partial charge in [0, 0.05) is 17.1 Å². The standard InChI is InChI=1S/C27H32N2O5S/c1-26(2)18-13-14-27(26)16-35(31,32)29(22(27)15-18)24-23(17-5-9-20(33-3)10-6-17)28(25(24)30)19-7-11-21(34-4)12-8-19/h5-12,18,22-24H,13-16H2,1-4H3/t18-,22-,23+,24-,27-/m1/s1. The van der Waals surface area contributed by atoms with Crippen molar-refractivity contribution in [3.63, 3.8) is 0 Å². The van der Waals surface area contributed by atoms with Crippen LogP contribution in [-0.2, 0) is 14.8 Å². The van der Waals surface area contributed by atoms with E-state index in [4.69, 9.17) is 9.47 Å². The van der Waals surface area contributed by atoms with Gasteiger partial charge in [-0.2, -0.15) is 4.31 Å². The number of nitrogens with zero attached hydrogens (tertiary/aromatic N) is 2. The van der Waals surface area contributed by atoms with Crippen LogP contribution in [0.4, 0.5) is 5.69 Å². The molecular formula is C27H32N2O5S. The number of sulfonamides is 1. The van der Waals surface area contributed by atoms with Gasteiger partial charge in [-0.05, 0) is 72.6 Å². The summed E-state index contributed by atoms with van der Waals surface area (Å²) in [5.41, 5.74) is 1.30. The van der Waals surface area contributed by atoms with Gasteiger partial charge in [0.2, 0.25) is 15.9 Å². The molecule has 0 unspecified atom stereocenters. The SMILES string of the molecule is COc1ccc([C@H]2[C@@H](N3[C@@H]4C[C@H]5CC[C@]4(CS3(=O)=O)C5(C)C)C(=O)N2c2ccc(OC)cc2)cc1. The van der Waals surface area contributed by atoms with Gasteiger partial charge in [0.05, 0.1) is 26.0 Å². The molecule has 0 radical (unpaired) electrons. The van der Waals surface area contributed by atoms with Gasteiger partial charge in [0.25, 0.3) is 0 Å². The molecule has 2 aliphatic carbocycles.